The van der Waals surface area contributed by atoms with E-state index in [9.17, 15) is 9.59 Å². The molecule has 0 aliphatic carbocycles. The molecule has 0 radical (unpaired) electrons. The fourth-order valence-electron chi connectivity index (χ4n) is 1.96. The van der Waals surface area contributed by atoms with Crippen molar-refractivity contribution in [3.05, 3.63) is 35.9 Å². The number of benzene rings is 1. The van der Waals surface area contributed by atoms with Gasteiger partial charge in [-0.05, 0) is 12.0 Å². The van der Waals surface area contributed by atoms with Crippen LogP contribution in [0.25, 0.3) is 0 Å². The standard InChI is InChI=1S/C15H22N2O4/c1-2-6-13(14(19)20)16-15(21)17(9-10-18)11-12-7-4-3-5-8-12/h3-5,7-8,13,18H,2,6,9-11H2,1H3,(H,16,21)(H,19,20). The van der Waals surface area contributed by atoms with Crippen molar-refractivity contribution in [3.8, 4) is 0 Å². The predicted octanol–water partition coefficient (Wildman–Crippen LogP) is 1.44. The van der Waals surface area contributed by atoms with Crippen molar-refractivity contribution in [2.24, 2.45) is 0 Å². The number of carboxylic acids is 1. The molecule has 0 saturated carbocycles. The normalized spacial score (nSPS) is 11.7. The van der Waals surface area contributed by atoms with Gasteiger partial charge in [-0.15, -0.1) is 0 Å². The molecule has 1 rings (SSSR count). The first-order chi connectivity index (χ1) is 10.1. The number of carboxylic acid groups (broad SMARTS) is 1. The number of carbonyl (C=O) groups is 2. The Kier molecular flexibility index (Phi) is 7.25. The van der Waals surface area contributed by atoms with Gasteiger partial charge in [0, 0.05) is 13.1 Å². The van der Waals surface area contributed by atoms with E-state index in [2.05, 4.69) is 5.32 Å². The van der Waals surface area contributed by atoms with Crippen molar-refractivity contribution in [1.29, 1.82) is 0 Å². The van der Waals surface area contributed by atoms with Crippen LogP contribution in [0.5, 0.6) is 0 Å². The average Bonchev–Trinajstić information content (AvgIpc) is 2.47. The van der Waals surface area contributed by atoms with Crippen molar-refractivity contribution in [2.75, 3.05) is 13.2 Å². The molecule has 6 nitrogen and oxygen atoms in total. The number of hydrogen-bond donors (Lipinski definition) is 3. The second-order valence-electron chi connectivity index (χ2n) is 4.76. The summed E-state index contributed by atoms with van der Waals surface area (Å²) < 4.78 is 0. The smallest absolute Gasteiger partial charge is 0.326 e. The molecule has 0 bridgehead atoms. The zero-order valence-electron chi connectivity index (χ0n) is 12.2. The second-order valence-corrected chi connectivity index (χ2v) is 4.76. The van der Waals surface area contributed by atoms with Crippen LogP contribution in [0.15, 0.2) is 30.3 Å². The zero-order valence-corrected chi connectivity index (χ0v) is 12.2. The van der Waals surface area contributed by atoms with Gasteiger partial charge in [0.15, 0.2) is 0 Å². The molecule has 0 heterocycles. The Bertz CT molecular complexity index is 450. The minimum Gasteiger partial charge on any atom is -0.480 e. The number of nitrogens with zero attached hydrogens (tertiary/aromatic N) is 1. The fourth-order valence-corrected chi connectivity index (χ4v) is 1.96. The Morgan fingerprint density at radius 3 is 2.48 bits per heavy atom. The van der Waals surface area contributed by atoms with E-state index in [0.29, 0.717) is 19.4 Å². The molecule has 0 saturated heterocycles. The quantitative estimate of drug-likeness (QED) is 0.677. The molecule has 21 heavy (non-hydrogen) atoms. The molecule has 1 aromatic rings. The Balaban J connectivity index is 2.70. The maximum absolute atomic E-state index is 12.2. The van der Waals surface area contributed by atoms with Crippen LogP contribution in [0.4, 0.5) is 4.79 Å². The summed E-state index contributed by atoms with van der Waals surface area (Å²) in [5, 5.41) is 20.6. The summed E-state index contributed by atoms with van der Waals surface area (Å²) in [7, 11) is 0. The van der Waals surface area contributed by atoms with Crippen molar-refractivity contribution in [3.63, 3.8) is 0 Å². The van der Waals surface area contributed by atoms with Crippen LogP contribution < -0.4 is 5.32 Å². The van der Waals surface area contributed by atoms with Gasteiger partial charge in [0.1, 0.15) is 6.04 Å². The summed E-state index contributed by atoms with van der Waals surface area (Å²) in [6.45, 7) is 2.16. The Morgan fingerprint density at radius 1 is 1.29 bits per heavy atom. The topological polar surface area (TPSA) is 89.9 Å². The SMILES string of the molecule is CCCC(NC(=O)N(CCO)Cc1ccccc1)C(=O)O. The Labute approximate surface area is 124 Å². The minimum absolute atomic E-state index is 0.152. The number of rotatable bonds is 8. The first kappa shape index (κ1) is 17.0. The van der Waals surface area contributed by atoms with E-state index in [4.69, 9.17) is 10.2 Å². The van der Waals surface area contributed by atoms with Crippen molar-refractivity contribution in [2.45, 2.75) is 32.4 Å². The highest BCUT2D eigenvalue weighted by Crippen LogP contribution is 2.06. The summed E-state index contributed by atoms with van der Waals surface area (Å²) in [4.78, 5) is 24.7. The first-order valence-corrected chi connectivity index (χ1v) is 7.01. The van der Waals surface area contributed by atoms with Gasteiger partial charge in [0.05, 0.1) is 6.61 Å². The molecule has 116 valence electrons. The minimum atomic E-state index is -1.05. The number of carbonyl (C=O) groups excluding carboxylic acids is 1. The van der Waals surface area contributed by atoms with Crippen LogP contribution in [0.1, 0.15) is 25.3 Å². The third-order valence-electron chi connectivity index (χ3n) is 3.05. The Hall–Kier alpha value is -2.08. The van der Waals surface area contributed by atoms with Crippen LogP contribution in [0.2, 0.25) is 0 Å². The molecule has 2 amide bonds. The van der Waals surface area contributed by atoms with E-state index in [1.165, 1.54) is 4.90 Å². The maximum Gasteiger partial charge on any atom is 0.326 e. The van der Waals surface area contributed by atoms with E-state index in [1.54, 1.807) is 0 Å². The van der Waals surface area contributed by atoms with Crippen LogP contribution in [-0.2, 0) is 11.3 Å². The number of hydrogen-bond acceptors (Lipinski definition) is 3. The van der Waals surface area contributed by atoms with Gasteiger partial charge >= 0.3 is 12.0 Å². The molecule has 0 fully saturated rings. The van der Waals surface area contributed by atoms with E-state index in [0.717, 1.165) is 5.56 Å². The first-order valence-electron chi connectivity index (χ1n) is 7.01. The van der Waals surface area contributed by atoms with Gasteiger partial charge in [-0.1, -0.05) is 43.7 Å². The van der Waals surface area contributed by atoms with Gasteiger partial charge in [0.2, 0.25) is 0 Å². The lowest BCUT2D eigenvalue weighted by Gasteiger charge is -2.24. The van der Waals surface area contributed by atoms with Crippen LogP contribution in [-0.4, -0.2) is 46.3 Å². The molecule has 0 aliphatic heterocycles. The highest BCUT2D eigenvalue weighted by molar-refractivity contribution is 5.82. The van der Waals surface area contributed by atoms with E-state index >= 15 is 0 Å². The van der Waals surface area contributed by atoms with Crippen molar-refractivity contribution >= 4 is 12.0 Å². The number of aliphatic hydroxyl groups is 1. The van der Waals surface area contributed by atoms with Crippen molar-refractivity contribution < 1.29 is 19.8 Å². The molecule has 1 atom stereocenters. The predicted molar refractivity (Wildman–Crippen MR) is 78.8 cm³/mol. The average molecular weight is 294 g/mol. The third kappa shape index (κ3) is 5.83. The van der Waals surface area contributed by atoms with Crippen molar-refractivity contribution in [1.82, 2.24) is 10.2 Å². The second kappa shape index (κ2) is 8.97. The number of aliphatic hydroxyl groups excluding tert-OH is 1. The summed E-state index contributed by atoms with van der Waals surface area (Å²) in [5.74, 6) is -1.05. The molecular formula is C15H22N2O4. The number of urea groups is 1. The van der Waals surface area contributed by atoms with E-state index in [1.807, 2.05) is 37.3 Å². The molecule has 6 heteroatoms. The number of nitrogens with one attached hydrogen (secondary N) is 1. The van der Waals surface area contributed by atoms with Gasteiger partial charge in [0.25, 0.3) is 0 Å². The van der Waals surface area contributed by atoms with Gasteiger partial charge in [-0.3, -0.25) is 0 Å². The highest BCUT2D eigenvalue weighted by Gasteiger charge is 2.22. The fraction of sp³-hybridized carbons (Fsp3) is 0.467. The Morgan fingerprint density at radius 2 is 1.95 bits per heavy atom. The molecule has 0 spiro atoms. The third-order valence-corrected chi connectivity index (χ3v) is 3.05. The summed E-state index contributed by atoms with van der Waals surface area (Å²) in [6.07, 6.45) is 1.04. The highest BCUT2D eigenvalue weighted by atomic mass is 16.4. The van der Waals surface area contributed by atoms with E-state index < -0.39 is 18.0 Å². The van der Waals surface area contributed by atoms with Crippen LogP contribution in [0, 0.1) is 0 Å². The summed E-state index contributed by atoms with van der Waals surface area (Å²) in [5.41, 5.74) is 0.920. The largest absolute Gasteiger partial charge is 0.480 e. The zero-order chi connectivity index (χ0) is 15.7. The molecule has 1 unspecified atom stereocenters. The lowest BCUT2D eigenvalue weighted by atomic mass is 10.1. The monoisotopic (exact) mass is 294 g/mol. The summed E-state index contributed by atoms with van der Waals surface area (Å²) >= 11 is 0. The van der Waals surface area contributed by atoms with Gasteiger partial charge < -0.3 is 20.4 Å². The lowest BCUT2D eigenvalue weighted by molar-refractivity contribution is -0.139. The number of amides is 2. The van der Waals surface area contributed by atoms with Gasteiger partial charge in [-0.2, -0.15) is 0 Å². The molecular weight excluding hydrogens is 272 g/mol. The number of aliphatic carboxylic acids is 1. The van der Waals surface area contributed by atoms with Crippen LogP contribution >= 0.6 is 0 Å². The summed E-state index contributed by atoms with van der Waals surface area (Å²) in [6, 6.07) is 7.97. The molecule has 1 aromatic carbocycles. The van der Waals surface area contributed by atoms with Crippen LogP contribution in [0.3, 0.4) is 0 Å². The molecule has 3 N–H and O–H groups in total. The molecule has 0 aliphatic rings. The van der Waals surface area contributed by atoms with E-state index in [-0.39, 0.29) is 13.2 Å². The molecule has 0 aromatic heterocycles. The maximum atomic E-state index is 12.2. The lowest BCUT2D eigenvalue weighted by Crippen LogP contribution is -2.48. The van der Waals surface area contributed by atoms with Gasteiger partial charge in [-0.25, -0.2) is 9.59 Å².